The van der Waals surface area contributed by atoms with Gasteiger partial charge >= 0.3 is 0 Å². The first-order valence-corrected chi connectivity index (χ1v) is 7.12. The van der Waals surface area contributed by atoms with Crippen LogP contribution in [0.5, 0.6) is 0 Å². The van der Waals surface area contributed by atoms with E-state index in [1.807, 2.05) is 0 Å². The third-order valence-corrected chi connectivity index (χ3v) is 4.32. The molecule has 2 atom stereocenters. The Hall–Kier alpha value is -0.260. The Bertz CT molecular complexity index is 238. The summed E-state index contributed by atoms with van der Waals surface area (Å²) in [4.78, 5) is 11.9. The van der Waals surface area contributed by atoms with Crippen LogP contribution in [0.4, 0.5) is 0 Å². The monoisotopic (exact) mass is 244 g/mol. The number of carbonyl (C=O) groups is 1. The summed E-state index contributed by atoms with van der Waals surface area (Å²) in [5.74, 6) is 2.52. The fraction of sp³-hybridized carbons (Fsp3) is 0.909. The van der Waals surface area contributed by atoms with Crippen LogP contribution in [0.1, 0.15) is 19.8 Å². The quantitative estimate of drug-likeness (QED) is 0.762. The number of hydrogen-bond donors (Lipinski definition) is 2. The van der Waals surface area contributed by atoms with Gasteiger partial charge in [-0.25, -0.2) is 0 Å². The van der Waals surface area contributed by atoms with Crippen molar-refractivity contribution in [1.29, 1.82) is 0 Å². The molecule has 0 spiro atoms. The maximum absolute atomic E-state index is 11.9. The molecule has 0 saturated carbocycles. The molecule has 2 fully saturated rings. The van der Waals surface area contributed by atoms with Gasteiger partial charge < -0.3 is 10.1 Å². The molecular weight excluding hydrogens is 224 g/mol. The number of thioether (sulfide) groups is 1. The lowest BCUT2D eigenvalue weighted by atomic mass is 9.93. The zero-order valence-electron chi connectivity index (χ0n) is 9.70. The van der Waals surface area contributed by atoms with E-state index in [0.717, 1.165) is 37.7 Å². The highest BCUT2D eigenvalue weighted by Crippen LogP contribution is 2.19. The molecule has 2 rings (SSSR count). The Balaban J connectivity index is 1.76. The molecule has 2 heterocycles. The molecule has 1 amide bonds. The van der Waals surface area contributed by atoms with E-state index >= 15 is 0 Å². The number of nitrogens with one attached hydrogen (secondary N) is 2. The Morgan fingerprint density at radius 1 is 1.50 bits per heavy atom. The van der Waals surface area contributed by atoms with Crippen LogP contribution in [0.15, 0.2) is 0 Å². The minimum atomic E-state index is 0.00675. The predicted octanol–water partition coefficient (Wildman–Crippen LogP) is 0.580. The summed E-state index contributed by atoms with van der Waals surface area (Å²) in [5, 5.41) is 6.31. The summed E-state index contributed by atoms with van der Waals surface area (Å²) in [7, 11) is 0. The molecule has 0 radical (unpaired) electrons. The van der Waals surface area contributed by atoms with Gasteiger partial charge in [-0.2, -0.15) is 0 Å². The molecule has 0 aromatic carbocycles. The lowest BCUT2D eigenvalue weighted by molar-refractivity contribution is -0.123. The number of rotatable bonds is 3. The zero-order chi connectivity index (χ0) is 11.4. The molecule has 2 aliphatic heterocycles. The van der Waals surface area contributed by atoms with Crippen LogP contribution in [0.2, 0.25) is 0 Å². The first kappa shape index (κ1) is 12.2. The highest BCUT2D eigenvalue weighted by atomic mass is 32.2. The average Bonchev–Trinajstić information content (AvgIpc) is 2.83. The van der Waals surface area contributed by atoms with Gasteiger partial charge in [0.15, 0.2) is 0 Å². The molecule has 16 heavy (non-hydrogen) atoms. The largest absolute Gasteiger partial charge is 0.381 e. The molecule has 2 saturated heterocycles. The van der Waals surface area contributed by atoms with Crippen molar-refractivity contribution < 1.29 is 9.53 Å². The fourth-order valence-electron chi connectivity index (χ4n) is 2.22. The second-order valence-corrected chi connectivity index (χ2v) is 5.55. The van der Waals surface area contributed by atoms with Crippen LogP contribution in [0.25, 0.3) is 0 Å². The van der Waals surface area contributed by atoms with E-state index in [0.29, 0.717) is 5.92 Å². The van der Waals surface area contributed by atoms with Gasteiger partial charge in [-0.05, 0) is 25.7 Å². The molecular formula is C11H20N2O2S. The van der Waals surface area contributed by atoms with Crippen molar-refractivity contribution in [3.8, 4) is 0 Å². The van der Waals surface area contributed by atoms with Gasteiger partial charge in [0.2, 0.25) is 5.91 Å². The SMILES string of the molecule is CC(NC(=O)C1CSCN1)C1CCOCC1. The molecule has 0 aliphatic carbocycles. The van der Waals surface area contributed by atoms with Crippen molar-refractivity contribution in [2.24, 2.45) is 5.92 Å². The second kappa shape index (κ2) is 5.89. The van der Waals surface area contributed by atoms with Crippen molar-refractivity contribution in [1.82, 2.24) is 10.6 Å². The van der Waals surface area contributed by atoms with Crippen molar-refractivity contribution in [3.05, 3.63) is 0 Å². The second-order valence-electron chi connectivity index (χ2n) is 4.52. The van der Waals surface area contributed by atoms with Crippen LogP contribution in [0.3, 0.4) is 0 Å². The highest BCUT2D eigenvalue weighted by molar-refractivity contribution is 7.99. The highest BCUT2D eigenvalue weighted by Gasteiger charge is 2.27. The van der Waals surface area contributed by atoms with E-state index in [4.69, 9.17) is 4.74 Å². The van der Waals surface area contributed by atoms with Crippen molar-refractivity contribution in [3.63, 3.8) is 0 Å². The van der Waals surface area contributed by atoms with E-state index in [2.05, 4.69) is 17.6 Å². The summed E-state index contributed by atoms with van der Waals surface area (Å²) in [6.45, 7) is 3.78. The number of amides is 1. The lowest BCUT2D eigenvalue weighted by Gasteiger charge is -2.29. The maximum atomic E-state index is 11.9. The molecule has 5 heteroatoms. The summed E-state index contributed by atoms with van der Waals surface area (Å²) >= 11 is 1.78. The van der Waals surface area contributed by atoms with Crippen molar-refractivity contribution in [2.75, 3.05) is 24.8 Å². The smallest absolute Gasteiger partial charge is 0.238 e. The molecule has 4 nitrogen and oxygen atoms in total. The third-order valence-electron chi connectivity index (χ3n) is 3.38. The van der Waals surface area contributed by atoms with Crippen molar-refractivity contribution in [2.45, 2.75) is 31.8 Å². The summed E-state index contributed by atoms with van der Waals surface area (Å²) in [6, 6.07) is 0.274. The van der Waals surface area contributed by atoms with Gasteiger partial charge in [-0.15, -0.1) is 11.8 Å². The van der Waals surface area contributed by atoms with Gasteiger partial charge in [-0.3, -0.25) is 10.1 Å². The predicted molar refractivity (Wildman–Crippen MR) is 65.4 cm³/mol. The Morgan fingerprint density at radius 3 is 2.88 bits per heavy atom. The standard InChI is InChI=1S/C11H20N2O2S/c1-8(9-2-4-15-5-3-9)13-11(14)10-6-16-7-12-10/h8-10,12H,2-7H2,1H3,(H,13,14). The topological polar surface area (TPSA) is 50.4 Å². The van der Waals surface area contributed by atoms with Crippen LogP contribution in [-0.4, -0.2) is 42.8 Å². The summed E-state index contributed by atoms with van der Waals surface area (Å²) in [6.07, 6.45) is 2.13. The Kier molecular flexibility index (Phi) is 4.49. The maximum Gasteiger partial charge on any atom is 0.238 e. The van der Waals surface area contributed by atoms with Crippen LogP contribution in [0, 0.1) is 5.92 Å². The van der Waals surface area contributed by atoms with E-state index in [-0.39, 0.29) is 18.0 Å². The number of ether oxygens (including phenoxy) is 1. The van der Waals surface area contributed by atoms with E-state index < -0.39 is 0 Å². The minimum absolute atomic E-state index is 0.00675. The van der Waals surface area contributed by atoms with E-state index in [1.165, 1.54) is 0 Å². The molecule has 2 N–H and O–H groups in total. The van der Waals surface area contributed by atoms with Crippen LogP contribution < -0.4 is 10.6 Å². The Morgan fingerprint density at radius 2 is 2.25 bits per heavy atom. The summed E-state index contributed by atoms with van der Waals surface area (Å²) in [5.41, 5.74) is 0. The van der Waals surface area contributed by atoms with Gasteiger partial charge in [0, 0.05) is 30.9 Å². The van der Waals surface area contributed by atoms with E-state index in [9.17, 15) is 4.79 Å². The van der Waals surface area contributed by atoms with Crippen LogP contribution in [-0.2, 0) is 9.53 Å². The molecule has 0 bridgehead atoms. The van der Waals surface area contributed by atoms with E-state index in [1.54, 1.807) is 11.8 Å². The molecule has 0 aromatic rings. The molecule has 2 aliphatic rings. The molecule has 92 valence electrons. The molecule has 2 unspecified atom stereocenters. The van der Waals surface area contributed by atoms with Gasteiger partial charge in [0.05, 0.1) is 6.04 Å². The lowest BCUT2D eigenvalue weighted by Crippen LogP contribution is -2.48. The van der Waals surface area contributed by atoms with Gasteiger partial charge in [0.25, 0.3) is 0 Å². The minimum Gasteiger partial charge on any atom is -0.381 e. The van der Waals surface area contributed by atoms with Gasteiger partial charge in [-0.1, -0.05) is 0 Å². The normalized spacial score (nSPS) is 28.9. The number of hydrogen-bond acceptors (Lipinski definition) is 4. The fourth-order valence-corrected chi connectivity index (χ4v) is 3.16. The summed E-state index contributed by atoms with van der Waals surface area (Å²) < 4.78 is 5.33. The number of carbonyl (C=O) groups excluding carboxylic acids is 1. The first-order chi connectivity index (χ1) is 7.77. The zero-order valence-corrected chi connectivity index (χ0v) is 10.5. The average molecular weight is 244 g/mol. The van der Waals surface area contributed by atoms with Crippen molar-refractivity contribution >= 4 is 17.7 Å². The first-order valence-electron chi connectivity index (χ1n) is 5.96. The third kappa shape index (κ3) is 3.12. The van der Waals surface area contributed by atoms with Crippen LogP contribution >= 0.6 is 11.8 Å². The molecule has 0 aromatic heterocycles. The van der Waals surface area contributed by atoms with Gasteiger partial charge in [0.1, 0.15) is 0 Å². The Labute approximate surface area is 101 Å².